The summed E-state index contributed by atoms with van der Waals surface area (Å²) in [5.74, 6) is -0.975. The summed E-state index contributed by atoms with van der Waals surface area (Å²) in [5.41, 5.74) is 2.50. The van der Waals surface area contributed by atoms with Crippen molar-refractivity contribution in [2.45, 2.75) is 58.3 Å². The van der Waals surface area contributed by atoms with Gasteiger partial charge in [0.05, 0.1) is 29.9 Å². The fourth-order valence-corrected chi connectivity index (χ4v) is 6.13. The maximum atomic E-state index is 13.4. The number of nitro benzene ring substituents is 1. The van der Waals surface area contributed by atoms with E-state index in [1.54, 1.807) is 24.7 Å². The molecule has 3 aromatic carbocycles. The van der Waals surface area contributed by atoms with Gasteiger partial charge in [0.1, 0.15) is 6.04 Å². The standard InChI is InChI=1S/C36H44N6O6S/c1-4-25(2)33(39-34(43)18-29-21-41(24-37-29)19-26-12-14-30(15-13-26)42(47)48)22-40(23-35(44)38-32(36(45)46)16-17-49-3)20-28-10-7-9-27-8-5-6-11-31(27)28/h5-15,21,24-25,32-33H,4,16-20,22-23H2,1-3H3,(H,38,44)(H,39,43)(H,45,46)/t25?,32-,33+/m0/s1. The van der Waals surface area contributed by atoms with Crippen LogP contribution in [0.15, 0.2) is 79.3 Å². The molecule has 4 aromatic rings. The van der Waals surface area contributed by atoms with Crippen molar-refractivity contribution in [2.75, 3.05) is 25.1 Å². The van der Waals surface area contributed by atoms with Crippen LogP contribution in [0.4, 0.5) is 5.69 Å². The summed E-state index contributed by atoms with van der Waals surface area (Å²) < 4.78 is 1.82. The second-order valence-electron chi connectivity index (χ2n) is 12.2. The smallest absolute Gasteiger partial charge is 0.326 e. The number of nitrogens with one attached hydrogen (secondary N) is 2. The predicted octanol–water partition coefficient (Wildman–Crippen LogP) is 4.89. The van der Waals surface area contributed by atoms with Crippen molar-refractivity contribution in [1.82, 2.24) is 25.1 Å². The SMILES string of the molecule is CCC(C)[C@@H](CN(CC(=O)N[C@@H](CCSC)C(=O)O)Cc1cccc2ccccc12)NC(=O)Cc1cn(Cc2ccc([N+](=O)[O-])cc2)cn1. The number of fused-ring (bicyclic) bond motifs is 1. The Morgan fingerprint density at radius 1 is 1.04 bits per heavy atom. The third kappa shape index (κ3) is 11.1. The molecule has 49 heavy (non-hydrogen) atoms. The Balaban J connectivity index is 1.48. The zero-order valence-electron chi connectivity index (χ0n) is 28.1. The Kier molecular flexibility index (Phi) is 13.7. The summed E-state index contributed by atoms with van der Waals surface area (Å²) in [7, 11) is 0. The maximum Gasteiger partial charge on any atom is 0.326 e. The second-order valence-corrected chi connectivity index (χ2v) is 13.2. The largest absolute Gasteiger partial charge is 0.480 e. The molecule has 0 spiro atoms. The van der Waals surface area contributed by atoms with Crippen LogP contribution in [0.5, 0.6) is 0 Å². The Labute approximate surface area is 290 Å². The Morgan fingerprint density at radius 3 is 2.47 bits per heavy atom. The van der Waals surface area contributed by atoms with Gasteiger partial charge in [-0.2, -0.15) is 11.8 Å². The highest BCUT2D eigenvalue weighted by Gasteiger charge is 2.26. The van der Waals surface area contributed by atoms with Crippen LogP contribution in [0.3, 0.4) is 0 Å². The molecule has 0 saturated carbocycles. The van der Waals surface area contributed by atoms with Crippen molar-refractivity contribution in [1.29, 1.82) is 0 Å². The average molecular weight is 689 g/mol. The first kappa shape index (κ1) is 37.1. The summed E-state index contributed by atoms with van der Waals surface area (Å²) in [4.78, 5) is 55.4. The van der Waals surface area contributed by atoms with Gasteiger partial charge in [0.15, 0.2) is 0 Å². The molecule has 12 nitrogen and oxygen atoms in total. The van der Waals surface area contributed by atoms with Gasteiger partial charge in [-0.1, -0.05) is 74.9 Å². The molecule has 1 unspecified atom stereocenters. The van der Waals surface area contributed by atoms with Gasteiger partial charge in [-0.15, -0.1) is 0 Å². The maximum absolute atomic E-state index is 13.4. The number of amides is 2. The lowest BCUT2D eigenvalue weighted by Gasteiger charge is -2.31. The van der Waals surface area contributed by atoms with Gasteiger partial charge in [-0.05, 0) is 46.2 Å². The highest BCUT2D eigenvalue weighted by atomic mass is 32.2. The third-order valence-electron chi connectivity index (χ3n) is 8.56. The van der Waals surface area contributed by atoms with Crippen LogP contribution in [0.1, 0.15) is 43.5 Å². The fraction of sp³-hybridized carbons (Fsp3) is 0.389. The number of carboxylic acids is 1. The molecule has 1 heterocycles. The van der Waals surface area contributed by atoms with Crippen molar-refractivity contribution >= 4 is 46.0 Å². The van der Waals surface area contributed by atoms with Crippen LogP contribution in [0.2, 0.25) is 0 Å². The van der Waals surface area contributed by atoms with Crippen molar-refractivity contribution in [3.8, 4) is 0 Å². The molecule has 0 fully saturated rings. The number of carbonyl (C=O) groups excluding carboxylic acids is 2. The van der Waals surface area contributed by atoms with Gasteiger partial charge < -0.3 is 20.3 Å². The molecule has 0 aliphatic carbocycles. The number of benzene rings is 3. The van der Waals surface area contributed by atoms with E-state index in [-0.39, 0.29) is 42.4 Å². The van der Waals surface area contributed by atoms with E-state index >= 15 is 0 Å². The molecule has 0 aliphatic rings. The third-order valence-corrected chi connectivity index (χ3v) is 9.20. The lowest BCUT2D eigenvalue weighted by Crippen LogP contribution is -2.51. The summed E-state index contributed by atoms with van der Waals surface area (Å²) in [6.45, 7) is 5.31. The van der Waals surface area contributed by atoms with Gasteiger partial charge in [0, 0.05) is 44.0 Å². The molecule has 260 valence electrons. The molecule has 4 rings (SSSR count). The van der Waals surface area contributed by atoms with E-state index in [1.165, 1.54) is 23.9 Å². The van der Waals surface area contributed by atoms with Crippen molar-refractivity contribution in [3.63, 3.8) is 0 Å². The Hall–Kier alpha value is -4.75. The van der Waals surface area contributed by atoms with Gasteiger partial charge in [-0.3, -0.25) is 24.6 Å². The summed E-state index contributed by atoms with van der Waals surface area (Å²) in [5, 5.41) is 28.7. The van der Waals surface area contributed by atoms with Crippen LogP contribution >= 0.6 is 11.8 Å². The number of nitro groups is 1. The summed E-state index contributed by atoms with van der Waals surface area (Å²) >= 11 is 1.52. The van der Waals surface area contributed by atoms with E-state index in [2.05, 4.69) is 29.5 Å². The van der Waals surface area contributed by atoms with E-state index in [0.29, 0.717) is 37.5 Å². The highest BCUT2D eigenvalue weighted by Crippen LogP contribution is 2.21. The van der Waals surface area contributed by atoms with E-state index in [0.717, 1.165) is 28.3 Å². The topological polar surface area (TPSA) is 160 Å². The predicted molar refractivity (Wildman–Crippen MR) is 191 cm³/mol. The molecule has 3 atom stereocenters. The Morgan fingerprint density at radius 2 is 1.78 bits per heavy atom. The number of carbonyl (C=O) groups is 3. The first-order valence-electron chi connectivity index (χ1n) is 16.3. The number of hydrogen-bond donors (Lipinski definition) is 3. The molecule has 1 aromatic heterocycles. The van der Waals surface area contributed by atoms with E-state index < -0.39 is 16.9 Å². The fourth-order valence-electron chi connectivity index (χ4n) is 5.66. The zero-order valence-corrected chi connectivity index (χ0v) is 28.9. The zero-order chi connectivity index (χ0) is 35.3. The van der Waals surface area contributed by atoms with Gasteiger partial charge in [0.25, 0.3) is 5.69 Å². The summed E-state index contributed by atoms with van der Waals surface area (Å²) in [6, 6.07) is 19.1. The van der Waals surface area contributed by atoms with Crippen LogP contribution in [0.25, 0.3) is 10.8 Å². The molecule has 0 saturated heterocycles. The van der Waals surface area contributed by atoms with E-state index in [9.17, 15) is 29.6 Å². The number of aromatic nitrogens is 2. The van der Waals surface area contributed by atoms with E-state index in [4.69, 9.17) is 0 Å². The normalized spacial score (nSPS) is 13.1. The van der Waals surface area contributed by atoms with Gasteiger partial charge >= 0.3 is 5.97 Å². The lowest BCUT2D eigenvalue weighted by atomic mass is 9.97. The first-order chi connectivity index (χ1) is 23.6. The molecule has 0 aliphatic heterocycles. The first-order valence-corrected chi connectivity index (χ1v) is 17.7. The number of non-ortho nitro benzene ring substituents is 1. The summed E-state index contributed by atoms with van der Waals surface area (Å²) in [6.07, 6.45) is 6.47. The number of hydrogen-bond acceptors (Lipinski definition) is 8. The molecular weight excluding hydrogens is 644 g/mol. The minimum Gasteiger partial charge on any atom is -0.480 e. The molecule has 0 radical (unpaired) electrons. The molecule has 13 heteroatoms. The minimum atomic E-state index is -1.07. The quantitative estimate of drug-likeness (QED) is 0.0921. The number of thioether (sulfide) groups is 1. The monoisotopic (exact) mass is 688 g/mol. The lowest BCUT2D eigenvalue weighted by molar-refractivity contribution is -0.384. The number of imidazole rings is 1. The van der Waals surface area contributed by atoms with Crippen molar-refractivity contribution in [3.05, 3.63) is 106 Å². The van der Waals surface area contributed by atoms with Crippen LogP contribution in [-0.2, 0) is 33.9 Å². The molecule has 2 amide bonds. The number of carboxylic acid groups (broad SMARTS) is 1. The second kappa shape index (κ2) is 18.1. The highest BCUT2D eigenvalue weighted by molar-refractivity contribution is 7.98. The Bertz CT molecular complexity index is 1720. The van der Waals surface area contributed by atoms with Crippen LogP contribution in [-0.4, -0.2) is 79.4 Å². The van der Waals surface area contributed by atoms with Crippen molar-refractivity contribution in [2.24, 2.45) is 5.92 Å². The van der Waals surface area contributed by atoms with Gasteiger partial charge in [-0.25, -0.2) is 9.78 Å². The van der Waals surface area contributed by atoms with Crippen LogP contribution in [0, 0.1) is 16.0 Å². The average Bonchev–Trinajstić information content (AvgIpc) is 3.52. The number of aliphatic carboxylic acids is 1. The van der Waals surface area contributed by atoms with Crippen LogP contribution < -0.4 is 10.6 Å². The minimum absolute atomic E-state index is 0.0227. The number of nitrogens with zero attached hydrogens (tertiary/aromatic N) is 4. The number of rotatable bonds is 19. The molecule has 3 N–H and O–H groups in total. The molecule has 0 bridgehead atoms. The van der Waals surface area contributed by atoms with E-state index in [1.807, 2.05) is 58.2 Å². The van der Waals surface area contributed by atoms with Gasteiger partial charge in [0.2, 0.25) is 11.8 Å². The van der Waals surface area contributed by atoms with Crippen molar-refractivity contribution < 1.29 is 24.4 Å². The molecular formula is C36H44N6O6S.